The van der Waals surface area contributed by atoms with Crippen molar-refractivity contribution >= 4 is 15.8 Å². The Morgan fingerprint density at radius 2 is 2.08 bits per heavy atom. The molecule has 2 saturated heterocycles. The molecule has 2 aliphatic heterocycles. The van der Waals surface area contributed by atoms with Gasteiger partial charge in [-0.15, -0.1) is 0 Å². The van der Waals surface area contributed by atoms with E-state index in [0.717, 1.165) is 50.5 Å². The molecule has 3 heterocycles. The molecule has 25 heavy (non-hydrogen) atoms. The van der Waals surface area contributed by atoms with Crippen molar-refractivity contribution in [2.24, 2.45) is 0 Å². The van der Waals surface area contributed by atoms with Crippen LogP contribution in [0.5, 0.6) is 0 Å². The standard InChI is InChI=1S/C16H26N4O4S/c1-23-11-15-17-14(12-5-8-24-10-12)9-16(18-15)20-6-3-13(4-7-20)19-25(2,21)22/h9,12-13,19H,3-8,10-11H2,1-2H3/t12-/m1/s1. The molecule has 0 spiro atoms. The molecule has 0 unspecified atom stereocenters. The molecule has 3 rings (SSSR count). The van der Waals surface area contributed by atoms with Crippen LogP contribution in [0.3, 0.4) is 0 Å². The monoisotopic (exact) mass is 370 g/mol. The average Bonchev–Trinajstić information content (AvgIpc) is 3.08. The second-order valence-electron chi connectivity index (χ2n) is 6.71. The third kappa shape index (κ3) is 5.10. The maximum absolute atomic E-state index is 11.4. The average molecular weight is 370 g/mol. The van der Waals surface area contributed by atoms with Crippen LogP contribution in [0.1, 0.15) is 36.7 Å². The van der Waals surface area contributed by atoms with Crippen LogP contribution in [0, 0.1) is 0 Å². The molecular weight excluding hydrogens is 344 g/mol. The largest absolute Gasteiger partial charge is 0.381 e. The number of rotatable bonds is 6. The highest BCUT2D eigenvalue weighted by molar-refractivity contribution is 7.88. The molecule has 140 valence electrons. The van der Waals surface area contributed by atoms with Gasteiger partial charge in [0.15, 0.2) is 5.82 Å². The van der Waals surface area contributed by atoms with Crippen LogP contribution in [0.15, 0.2) is 6.07 Å². The Balaban J connectivity index is 1.73. The molecule has 1 atom stereocenters. The third-order valence-electron chi connectivity index (χ3n) is 4.60. The summed E-state index contributed by atoms with van der Waals surface area (Å²) in [6.45, 7) is 3.37. The molecule has 0 bridgehead atoms. The Morgan fingerprint density at radius 1 is 1.32 bits per heavy atom. The number of hydrogen-bond acceptors (Lipinski definition) is 7. The van der Waals surface area contributed by atoms with Gasteiger partial charge in [-0.05, 0) is 19.3 Å². The van der Waals surface area contributed by atoms with E-state index in [-0.39, 0.29) is 6.04 Å². The minimum Gasteiger partial charge on any atom is -0.381 e. The molecule has 0 amide bonds. The lowest BCUT2D eigenvalue weighted by Crippen LogP contribution is -2.44. The first-order chi connectivity index (χ1) is 11.9. The summed E-state index contributed by atoms with van der Waals surface area (Å²) in [4.78, 5) is 11.5. The lowest BCUT2D eigenvalue weighted by Gasteiger charge is -2.33. The van der Waals surface area contributed by atoms with Crippen molar-refractivity contribution in [3.8, 4) is 0 Å². The molecule has 2 fully saturated rings. The minimum absolute atomic E-state index is 0.00534. The van der Waals surface area contributed by atoms with Crippen molar-refractivity contribution in [1.82, 2.24) is 14.7 Å². The van der Waals surface area contributed by atoms with E-state index in [9.17, 15) is 8.42 Å². The van der Waals surface area contributed by atoms with Crippen LogP contribution in [0.2, 0.25) is 0 Å². The van der Waals surface area contributed by atoms with Crippen molar-refractivity contribution in [2.75, 3.05) is 44.6 Å². The van der Waals surface area contributed by atoms with Gasteiger partial charge in [0, 0.05) is 44.8 Å². The zero-order valence-electron chi connectivity index (χ0n) is 14.8. The minimum atomic E-state index is -3.16. The summed E-state index contributed by atoms with van der Waals surface area (Å²) in [5.74, 6) is 1.88. The van der Waals surface area contributed by atoms with E-state index in [4.69, 9.17) is 9.47 Å². The number of nitrogens with zero attached hydrogens (tertiary/aromatic N) is 3. The van der Waals surface area contributed by atoms with E-state index in [0.29, 0.717) is 25.0 Å². The van der Waals surface area contributed by atoms with Gasteiger partial charge in [-0.3, -0.25) is 0 Å². The molecule has 1 N–H and O–H groups in total. The van der Waals surface area contributed by atoms with Crippen LogP contribution in [-0.2, 0) is 26.1 Å². The van der Waals surface area contributed by atoms with Crippen molar-refractivity contribution < 1.29 is 17.9 Å². The molecule has 0 aliphatic carbocycles. The number of aromatic nitrogens is 2. The summed E-state index contributed by atoms with van der Waals surface area (Å²) in [6, 6.07) is 2.04. The van der Waals surface area contributed by atoms with Crippen molar-refractivity contribution in [1.29, 1.82) is 0 Å². The Bertz CT molecular complexity index is 683. The van der Waals surface area contributed by atoms with Crippen LogP contribution in [-0.4, -0.2) is 64.1 Å². The Kier molecular flexibility index (Phi) is 5.88. The van der Waals surface area contributed by atoms with Crippen molar-refractivity contribution in [3.63, 3.8) is 0 Å². The fraction of sp³-hybridized carbons (Fsp3) is 0.750. The second-order valence-corrected chi connectivity index (χ2v) is 8.49. The number of sulfonamides is 1. The summed E-state index contributed by atoms with van der Waals surface area (Å²) in [5.41, 5.74) is 1.01. The number of anilines is 1. The van der Waals surface area contributed by atoms with E-state index in [1.807, 2.05) is 6.07 Å². The van der Waals surface area contributed by atoms with Crippen LogP contribution in [0.25, 0.3) is 0 Å². The predicted molar refractivity (Wildman–Crippen MR) is 94.1 cm³/mol. The fourth-order valence-corrected chi connectivity index (χ4v) is 4.21. The Hall–Kier alpha value is -1.29. The first kappa shape index (κ1) is 18.5. The first-order valence-electron chi connectivity index (χ1n) is 8.61. The van der Waals surface area contributed by atoms with Crippen molar-refractivity contribution in [2.45, 2.75) is 37.8 Å². The van der Waals surface area contributed by atoms with Gasteiger partial charge in [0.2, 0.25) is 10.0 Å². The molecule has 0 aromatic carbocycles. The van der Waals surface area contributed by atoms with E-state index in [1.54, 1.807) is 7.11 Å². The van der Waals surface area contributed by atoms with Gasteiger partial charge in [0.05, 0.1) is 18.6 Å². The van der Waals surface area contributed by atoms with E-state index in [2.05, 4.69) is 19.6 Å². The quantitative estimate of drug-likeness (QED) is 0.785. The van der Waals surface area contributed by atoms with Gasteiger partial charge in [-0.2, -0.15) is 0 Å². The zero-order chi connectivity index (χ0) is 17.9. The summed E-state index contributed by atoms with van der Waals surface area (Å²) in [6.07, 6.45) is 3.71. The van der Waals surface area contributed by atoms with Gasteiger partial charge in [0.25, 0.3) is 0 Å². The predicted octanol–water partition coefficient (Wildman–Crippen LogP) is 0.645. The topological polar surface area (TPSA) is 93.7 Å². The van der Waals surface area contributed by atoms with Crippen LogP contribution >= 0.6 is 0 Å². The van der Waals surface area contributed by atoms with Gasteiger partial charge in [-0.1, -0.05) is 0 Å². The van der Waals surface area contributed by atoms with E-state index in [1.165, 1.54) is 6.26 Å². The Labute approximate surface area is 149 Å². The zero-order valence-corrected chi connectivity index (χ0v) is 15.6. The molecule has 9 heteroatoms. The highest BCUT2D eigenvalue weighted by Gasteiger charge is 2.25. The summed E-state index contributed by atoms with van der Waals surface area (Å²) < 4.78 is 36.2. The summed E-state index contributed by atoms with van der Waals surface area (Å²) >= 11 is 0. The van der Waals surface area contributed by atoms with Gasteiger partial charge < -0.3 is 14.4 Å². The summed E-state index contributed by atoms with van der Waals surface area (Å²) in [5, 5.41) is 0. The molecule has 1 aromatic heterocycles. The maximum Gasteiger partial charge on any atom is 0.208 e. The molecular formula is C16H26N4O4S. The lowest BCUT2D eigenvalue weighted by atomic mass is 10.0. The highest BCUT2D eigenvalue weighted by atomic mass is 32.2. The highest BCUT2D eigenvalue weighted by Crippen LogP contribution is 2.27. The maximum atomic E-state index is 11.4. The molecule has 0 radical (unpaired) electrons. The number of ether oxygens (including phenoxy) is 2. The molecule has 1 aromatic rings. The Morgan fingerprint density at radius 3 is 2.68 bits per heavy atom. The number of methoxy groups -OCH3 is 1. The lowest BCUT2D eigenvalue weighted by molar-refractivity contribution is 0.177. The normalized spacial score (nSPS) is 22.5. The van der Waals surface area contributed by atoms with E-state index >= 15 is 0 Å². The number of nitrogens with one attached hydrogen (secondary N) is 1. The molecule has 2 aliphatic rings. The van der Waals surface area contributed by atoms with Crippen LogP contribution < -0.4 is 9.62 Å². The van der Waals surface area contributed by atoms with Gasteiger partial charge in [-0.25, -0.2) is 23.1 Å². The molecule has 0 saturated carbocycles. The first-order valence-corrected chi connectivity index (χ1v) is 10.5. The van der Waals surface area contributed by atoms with Crippen molar-refractivity contribution in [3.05, 3.63) is 17.6 Å². The SMILES string of the molecule is COCc1nc([C@@H]2CCOC2)cc(N2CCC(NS(C)(=O)=O)CC2)n1. The second kappa shape index (κ2) is 7.94. The van der Waals surface area contributed by atoms with E-state index < -0.39 is 10.0 Å². The molecule has 8 nitrogen and oxygen atoms in total. The fourth-order valence-electron chi connectivity index (χ4n) is 3.36. The summed E-state index contributed by atoms with van der Waals surface area (Å²) in [7, 11) is -1.53. The smallest absolute Gasteiger partial charge is 0.208 e. The number of piperidine rings is 1. The van der Waals surface area contributed by atoms with Gasteiger partial charge >= 0.3 is 0 Å². The van der Waals surface area contributed by atoms with Gasteiger partial charge in [0.1, 0.15) is 12.4 Å². The van der Waals surface area contributed by atoms with Crippen LogP contribution in [0.4, 0.5) is 5.82 Å². The third-order valence-corrected chi connectivity index (χ3v) is 5.36. The number of hydrogen-bond donors (Lipinski definition) is 1.